The fourth-order valence-corrected chi connectivity index (χ4v) is 5.92. The number of carbonyl (C=O) groups is 1. The van der Waals surface area contributed by atoms with Crippen LogP contribution in [0.5, 0.6) is 0 Å². The molecule has 6 heteroatoms. The van der Waals surface area contributed by atoms with Gasteiger partial charge in [-0.2, -0.15) is 0 Å². The number of hydrogen-bond acceptors (Lipinski definition) is 5. The maximum atomic E-state index is 13.3. The minimum absolute atomic E-state index is 0.00472. The molecule has 2 saturated carbocycles. The third-order valence-corrected chi connectivity index (χ3v) is 7.67. The molecule has 4 N–H and O–H groups in total. The summed E-state index contributed by atoms with van der Waals surface area (Å²) in [7, 11) is 0. The van der Waals surface area contributed by atoms with Gasteiger partial charge in [-0.1, -0.05) is 49.2 Å². The van der Waals surface area contributed by atoms with Crippen molar-refractivity contribution in [3.8, 4) is 0 Å². The molecule has 1 aromatic carbocycles. The van der Waals surface area contributed by atoms with Crippen LogP contribution in [-0.4, -0.2) is 40.5 Å². The lowest BCUT2D eigenvalue weighted by Crippen LogP contribution is -2.49. The van der Waals surface area contributed by atoms with Crippen LogP contribution in [0, 0.1) is 23.7 Å². The zero-order valence-electron chi connectivity index (χ0n) is 17.9. The predicted octanol–water partition coefficient (Wildman–Crippen LogP) is 2.54. The van der Waals surface area contributed by atoms with Crippen LogP contribution in [0.2, 0.25) is 0 Å². The number of pyridine rings is 1. The molecule has 5 rings (SSSR count). The fourth-order valence-electron chi connectivity index (χ4n) is 5.92. The van der Waals surface area contributed by atoms with Crippen molar-refractivity contribution in [1.82, 2.24) is 15.2 Å². The highest BCUT2D eigenvalue weighted by Crippen LogP contribution is 2.51. The Kier molecular flexibility index (Phi) is 5.44. The first-order chi connectivity index (χ1) is 15.1. The smallest absolute Gasteiger partial charge is 0.256 e. The zero-order valence-corrected chi connectivity index (χ0v) is 17.9. The molecule has 1 aliphatic heterocycles. The number of amides is 1. The van der Waals surface area contributed by atoms with E-state index in [4.69, 9.17) is 5.73 Å². The van der Waals surface area contributed by atoms with E-state index in [1.807, 2.05) is 48.5 Å². The number of nitrogens with zero attached hydrogens (tertiary/aromatic N) is 2. The van der Waals surface area contributed by atoms with Crippen molar-refractivity contribution in [2.45, 2.75) is 37.8 Å². The van der Waals surface area contributed by atoms with E-state index in [1.165, 1.54) is 0 Å². The fraction of sp³-hybridized carbons (Fsp3) is 0.520. The van der Waals surface area contributed by atoms with Gasteiger partial charge in [0, 0.05) is 32.1 Å². The summed E-state index contributed by atoms with van der Waals surface area (Å²) in [5.74, 6) is 2.09. The molecule has 0 bridgehead atoms. The van der Waals surface area contributed by atoms with Gasteiger partial charge in [0.25, 0.3) is 5.91 Å². The van der Waals surface area contributed by atoms with Gasteiger partial charge in [0.15, 0.2) is 5.60 Å². The topological polar surface area (TPSA) is 91.5 Å². The molecule has 3 fully saturated rings. The number of aromatic nitrogens is 1. The van der Waals surface area contributed by atoms with Crippen LogP contribution in [0.3, 0.4) is 0 Å². The Labute approximate surface area is 183 Å². The molecule has 6 nitrogen and oxygen atoms in total. The van der Waals surface area contributed by atoms with Crippen molar-refractivity contribution in [3.63, 3.8) is 0 Å². The van der Waals surface area contributed by atoms with Gasteiger partial charge in [-0.25, -0.2) is 4.98 Å². The number of likely N-dealkylation sites (tertiary alicyclic amines) is 1. The van der Waals surface area contributed by atoms with Crippen molar-refractivity contribution in [2.75, 3.05) is 25.4 Å². The van der Waals surface area contributed by atoms with E-state index in [0.717, 1.165) is 56.6 Å². The van der Waals surface area contributed by atoms with Crippen LogP contribution in [0.25, 0.3) is 0 Å². The molecule has 1 saturated heterocycles. The maximum Gasteiger partial charge on any atom is 0.256 e. The lowest BCUT2D eigenvalue weighted by atomic mass is 9.79. The normalized spacial score (nSPS) is 27.6. The van der Waals surface area contributed by atoms with Crippen molar-refractivity contribution in [3.05, 3.63) is 59.8 Å². The summed E-state index contributed by atoms with van der Waals surface area (Å²) in [5, 5.41) is 14.7. The molecular weight excluding hydrogens is 388 g/mol. The van der Waals surface area contributed by atoms with E-state index < -0.39 is 5.60 Å². The van der Waals surface area contributed by atoms with Crippen LogP contribution in [0.15, 0.2) is 48.5 Å². The minimum atomic E-state index is -1.42. The summed E-state index contributed by atoms with van der Waals surface area (Å²) in [6, 6.07) is 15.3. The summed E-state index contributed by atoms with van der Waals surface area (Å²) < 4.78 is 0. The van der Waals surface area contributed by atoms with E-state index in [-0.39, 0.29) is 11.8 Å². The van der Waals surface area contributed by atoms with Gasteiger partial charge in [-0.3, -0.25) is 9.69 Å². The Morgan fingerprint density at radius 2 is 1.81 bits per heavy atom. The molecule has 3 atom stereocenters. The average Bonchev–Trinajstić information content (AvgIpc) is 3.17. The van der Waals surface area contributed by atoms with Crippen LogP contribution in [0.1, 0.15) is 36.9 Å². The molecule has 2 heterocycles. The van der Waals surface area contributed by atoms with Gasteiger partial charge in [-0.05, 0) is 48.3 Å². The number of nitrogen functional groups attached to an aromatic ring is 1. The van der Waals surface area contributed by atoms with Gasteiger partial charge in [0.05, 0.1) is 5.69 Å². The second-order valence-electron chi connectivity index (χ2n) is 9.56. The largest absolute Gasteiger partial charge is 0.384 e. The molecule has 0 spiro atoms. The van der Waals surface area contributed by atoms with Gasteiger partial charge in [0.2, 0.25) is 0 Å². The number of nitrogens with two attached hydrogens (primary N) is 1. The lowest BCUT2D eigenvalue weighted by Gasteiger charge is -2.33. The van der Waals surface area contributed by atoms with Crippen molar-refractivity contribution in [2.24, 2.45) is 23.7 Å². The van der Waals surface area contributed by atoms with Gasteiger partial charge >= 0.3 is 0 Å². The monoisotopic (exact) mass is 420 g/mol. The minimum Gasteiger partial charge on any atom is -0.384 e. The molecule has 1 amide bonds. The summed E-state index contributed by atoms with van der Waals surface area (Å²) in [6.07, 6.45) is 3.97. The number of carbonyl (C=O) groups excluding carboxylic acids is 1. The number of aliphatic hydroxyl groups is 1. The van der Waals surface area contributed by atoms with E-state index in [2.05, 4.69) is 15.2 Å². The van der Waals surface area contributed by atoms with Crippen LogP contribution in [0.4, 0.5) is 5.82 Å². The quantitative estimate of drug-likeness (QED) is 0.640. The van der Waals surface area contributed by atoms with E-state index in [0.29, 0.717) is 30.1 Å². The molecule has 2 aliphatic carbocycles. The van der Waals surface area contributed by atoms with E-state index >= 15 is 0 Å². The molecular formula is C25H32N4O2. The number of anilines is 1. The van der Waals surface area contributed by atoms with Gasteiger partial charge in [0.1, 0.15) is 5.82 Å². The summed E-state index contributed by atoms with van der Waals surface area (Å²) >= 11 is 0. The standard InChI is InChI=1S/C25H32N4O2/c26-23-12-6-11-19(28-23)14-29-15-21-20(22(21)16-29)13-27-24(30)25(31,18-9-4-5-10-18)17-7-2-1-3-8-17/h1-3,6-8,11-12,18,20-22,31H,4-5,9-10,13-16H2,(H2,26,28)(H,27,30). The van der Waals surface area contributed by atoms with Crippen molar-refractivity contribution >= 4 is 11.7 Å². The molecule has 2 aromatic rings. The molecule has 31 heavy (non-hydrogen) atoms. The Hall–Kier alpha value is -2.44. The van der Waals surface area contributed by atoms with Crippen LogP contribution >= 0.6 is 0 Å². The SMILES string of the molecule is Nc1cccc(CN2CC3C(CNC(=O)C(O)(c4ccccc4)C4CCCC4)C3C2)n1. The van der Waals surface area contributed by atoms with Crippen LogP contribution in [-0.2, 0) is 16.9 Å². The van der Waals surface area contributed by atoms with Gasteiger partial charge < -0.3 is 16.2 Å². The number of piperidine rings is 1. The number of nitrogens with one attached hydrogen (secondary N) is 1. The molecule has 3 unspecified atom stereocenters. The summed E-state index contributed by atoms with van der Waals surface area (Å²) in [5.41, 5.74) is 6.10. The number of benzene rings is 1. The first-order valence-electron chi connectivity index (χ1n) is 11.6. The van der Waals surface area contributed by atoms with Crippen molar-refractivity contribution < 1.29 is 9.90 Å². The van der Waals surface area contributed by atoms with Crippen LogP contribution < -0.4 is 11.1 Å². The Balaban J connectivity index is 1.17. The maximum absolute atomic E-state index is 13.3. The second-order valence-corrected chi connectivity index (χ2v) is 9.56. The Morgan fingerprint density at radius 3 is 2.48 bits per heavy atom. The second kappa shape index (κ2) is 8.24. The summed E-state index contributed by atoms with van der Waals surface area (Å²) in [6.45, 7) is 3.55. The number of fused-ring (bicyclic) bond motifs is 1. The Bertz CT molecular complexity index is 918. The highest BCUT2D eigenvalue weighted by Gasteiger charge is 2.56. The third-order valence-electron chi connectivity index (χ3n) is 7.67. The number of rotatable bonds is 7. The summed E-state index contributed by atoms with van der Waals surface area (Å²) in [4.78, 5) is 20.1. The van der Waals surface area contributed by atoms with Gasteiger partial charge in [-0.15, -0.1) is 0 Å². The number of hydrogen-bond donors (Lipinski definition) is 3. The molecule has 164 valence electrons. The third kappa shape index (κ3) is 3.94. The highest BCUT2D eigenvalue weighted by molar-refractivity contribution is 5.86. The Morgan fingerprint density at radius 1 is 1.10 bits per heavy atom. The molecule has 0 radical (unpaired) electrons. The zero-order chi connectivity index (χ0) is 21.4. The van der Waals surface area contributed by atoms with E-state index in [1.54, 1.807) is 0 Å². The first kappa shape index (κ1) is 20.5. The van der Waals surface area contributed by atoms with Crippen molar-refractivity contribution in [1.29, 1.82) is 0 Å². The molecule has 3 aliphatic rings. The highest BCUT2D eigenvalue weighted by atomic mass is 16.3. The molecule has 1 aromatic heterocycles. The average molecular weight is 421 g/mol. The predicted molar refractivity (Wildman–Crippen MR) is 120 cm³/mol. The first-order valence-corrected chi connectivity index (χ1v) is 11.6. The lowest BCUT2D eigenvalue weighted by molar-refractivity contribution is -0.147. The van der Waals surface area contributed by atoms with E-state index in [9.17, 15) is 9.90 Å².